The molecule has 0 bridgehead atoms. The molecule has 0 fully saturated rings. The predicted molar refractivity (Wildman–Crippen MR) is 62.0 cm³/mol. The summed E-state index contributed by atoms with van der Waals surface area (Å²) in [5.74, 6) is -1.63. The number of carboxylic acid groups (broad SMARTS) is 1. The number of ether oxygens (including phenoxy) is 1. The first kappa shape index (κ1) is 14.9. The zero-order chi connectivity index (χ0) is 13.3. The lowest BCUT2D eigenvalue weighted by atomic mass is 10.1. The number of aliphatic hydroxyl groups excluding tert-OH is 1. The monoisotopic (exact) mass is 238 g/mol. The van der Waals surface area contributed by atoms with Crippen molar-refractivity contribution in [1.29, 1.82) is 0 Å². The quantitative estimate of drug-likeness (QED) is 0.610. The Bertz CT molecular complexity index is 369. The minimum absolute atomic E-state index is 0.0699. The number of aliphatic hydroxyl groups is 1. The second-order valence-electron chi connectivity index (χ2n) is 2.74. The largest absolute Gasteiger partial charge is 0.478 e. The van der Waals surface area contributed by atoms with Gasteiger partial charge in [-0.25, -0.2) is 9.59 Å². The summed E-state index contributed by atoms with van der Waals surface area (Å²) < 4.78 is 4.64. The molecule has 17 heavy (non-hydrogen) atoms. The Kier molecular flexibility index (Phi) is 7.05. The number of carboxylic acids is 1. The van der Waals surface area contributed by atoms with Gasteiger partial charge in [0.05, 0.1) is 17.7 Å². The van der Waals surface area contributed by atoms with E-state index in [-0.39, 0.29) is 24.3 Å². The normalized spacial score (nSPS) is 8.76. The lowest BCUT2D eigenvalue weighted by Gasteiger charge is -2.02. The molecule has 5 heteroatoms. The van der Waals surface area contributed by atoms with Crippen molar-refractivity contribution in [2.24, 2.45) is 0 Å². The summed E-state index contributed by atoms with van der Waals surface area (Å²) in [4.78, 5) is 21.7. The molecule has 0 amide bonds. The summed E-state index contributed by atoms with van der Waals surface area (Å²) in [6, 6.07) is 5.36. The van der Waals surface area contributed by atoms with Gasteiger partial charge in [-0.15, -0.1) is 13.2 Å². The molecule has 0 spiro atoms. The Labute approximate surface area is 99.0 Å². The predicted octanol–water partition coefficient (Wildman–Crippen LogP) is 1.34. The highest BCUT2D eigenvalue weighted by molar-refractivity contribution is 5.92. The van der Waals surface area contributed by atoms with Crippen LogP contribution in [0.25, 0.3) is 0 Å². The molecule has 1 rings (SSSR count). The molecular formula is C12H14O5. The second kappa shape index (κ2) is 8.06. The van der Waals surface area contributed by atoms with Crippen LogP contribution < -0.4 is 0 Å². The van der Waals surface area contributed by atoms with Crippen LogP contribution in [0, 0.1) is 0 Å². The lowest BCUT2D eigenvalue weighted by Crippen LogP contribution is -2.09. The minimum atomic E-state index is -1.05. The van der Waals surface area contributed by atoms with Crippen molar-refractivity contribution < 1.29 is 24.5 Å². The van der Waals surface area contributed by atoms with Crippen molar-refractivity contribution in [3.63, 3.8) is 0 Å². The molecule has 0 aliphatic heterocycles. The smallest absolute Gasteiger partial charge is 0.338 e. The van der Waals surface area contributed by atoms with Gasteiger partial charge < -0.3 is 14.9 Å². The van der Waals surface area contributed by atoms with Gasteiger partial charge in [-0.05, 0) is 24.3 Å². The fraction of sp³-hybridized carbons (Fsp3) is 0.167. The molecule has 0 aliphatic rings. The van der Waals surface area contributed by atoms with E-state index in [1.807, 2.05) is 0 Å². The van der Waals surface area contributed by atoms with Crippen LogP contribution in [0.3, 0.4) is 0 Å². The van der Waals surface area contributed by atoms with E-state index in [4.69, 9.17) is 10.2 Å². The summed E-state index contributed by atoms with van der Waals surface area (Å²) in [5, 5.41) is 17.0. The standard InChI is InChI=1S/C10H10O5.C2H4/c11-5-6-15-10(14)8-3-1-7(2-4-8)9(12)13;1-2/h1-4,11H,5-6H2,(H,12,13);1-2H2. The fourth-order valence-electron chi connectivity index (χ4n) is 0.971. The van der Waals surface area contributed by atoms with E-state index < -0.39 is 11.9 Å². The summed E-state index contributed by atoms with van der Waals surface area (Å²) in [6.07, 6.45) is 0. The summed E-state index contributed by atoms with van der Waals surface area (Å²) in [7, 11) is 0. The Balaban J connectivity index is 0.00000121. The van der Waals surface area contributed by atoms with Crippen LogP contribution in [-0.2, 0) is 4.74 Å². The van der Waals surface area contributed by atoms with Gasteiger partial charge in [0.1, 0.15) is 6.61 Å². The Morgan fingerprint density at radius 3 is 2.00 bits per heavy atom. The average Bonchev–Trinajstić information content (AvgIpc) is 2.38. The molecule has 0 atom stereocenters. The maximum Gasteiger partial charge on any atom is 0.338 e. The molecule has 1 aromatic carbocycles. The first-order valence-corrected chi connectivity index (χ1v) is 4.76. The van der Waals surface area contributed by atoms with E-state index in [1.54, 1.807) is 0 Å². The highest BCUT2D eigenvalue weighted by atomic mass is 16.5. The van der Waals surface area contributed by atoms with E-state index in [0.29, 0.717) is 0 Å². The van der Waals surface area contributed by atoms with Gasteiger partial charge in [-0.3, -0.25) is 0 Å². The molecule has 0 saturated carbocycles. The van der Waals surface area contributed by atoms with E-state index in [9.17, 15) is 9.59 Å². The van der Waals surface area contributed by atoms with Crippen molar-refractivity contribution in [2.45, 2.75) is 0 Å². The first-order valence-electron chi connectivity index (χ1n) is 4.76. The Hall–Kier alpha value is -2.14. The number of rotatable bonds is 4. The van der Waals surface area contributed by atoms with Crippen molar-refractivity contribution in [3.05, 3.63) is 48.6 Å². The molecular weight excluding hydrogens is 224 g/mol. The van der Waals surface area contributed by atoms with Gasteiger partial charge >= 0.3 is 11.9 Å². The minimum Gasteiger partial charge on any atom is -0.478 e. The number of carbonyl (C=O) groups is 2. The van der Waals surface area contributed by atoms with Crippen molar-refractivity contribution >= 4 is 11.9 Å². The molecule has 2 N–H and O–H groups in total. The van der Waals surface area contributed by atoms with E-state index in [2.05, 4.69) is 17.9 Å². The topological polar surface area (TPSA) is 83.8 Å². The number of esters is 1. The van der Waals surface area contributed by atoms with Crippen molar-refractivity contribution in [2.75, 3.05) is 13.2 Å². The number of carbonyl (C=O) groups excluding carboxylic acids is 1. The number of hydrogen-bond acceptors (Lipinski definition) is 4. The Morgan fingerprint density at radius 1 is 1.12 bits per heavy atom. The van der Waals surface area contributed by atoms with Gasteiger partial charge in [-0.2, -0.15) is 0 Å². The van der Waals surface area contributed by atoms with Crippen LogP contribution in [-0.4, -0.2) is 35.4 Å². The van der Waals surface area contributed by atoms with Crippen LogP contribution in [0.5, 0.6) is 0 Å². The van der Waals surface area contributed by atoms with E-state index >= 15 is 0 Å². The molecule has 0 aromatic heterocycles. The third-order valence-electron chi connectivity index (χ3n) is 1.69. The van der Waals surface area contributed by atoms with E-state index in [0.717, 1.165) is 0 Å². The number of benzene rings is 1. The summed E-state index contributed by atoms with van der Waals surface area (Å²) in [5.41, 5.74) is 0.363. The maximum atomic E-state index is 11.2. The first-order chi connectivity index (χ1) is 8.15. The van der Waals surface area contributed by atoms with Gasteiger partial charge in [0, 0.05) is 0 Å². The molecule has 0 saturated heterocycles. The van der Waals surface area contributed by atoms with Crippen LogP contribution in [0.2, 0.25) is 0 Å². The number of aromatic carboxylic acids is 1. The number of hydrogen-bond donors (Lipinski definition) is 2. The SMILES string of the molecule is C=C.O=C(O)c1ccc(C(=O)OCCO)cc1. The maximum absolute atomic E-state index is 11.2. The molecule has 1 aromatic rings. The highest BCUT2D eigenvalue weighted by Crippen LogP contribution is 2.05. The molecule has 0 heterocycles. The average molecular weight is 238 g/mol. The van der Waals surface area contributed by atoms with Crippen LogP contribution in [0.15, 0.2) is 37.4 Å². The molecule has 0 radical (unpaired) electrons. The second-order valence-corrected chi connectivity index (χ2v) is 2.74. The van der Waals surface area contributed by atoms with Crippen molar-refractivity contribution in [1.82, 2.24) is 0 Å². The van der Waals surface area contributed by atoms with Gasteiger partial charge in [-0.1, -0.05) is 0 Å². The van der Waals surface area contributed by atoms with Gasteiger partial charge in [0.15, 0.2) is 0 Å². The molecule has 92 valence electrons. The van der Waals surface area contributed by atoms with Gasteiger partial charge in [0.2, 0.25) is 0 Å². The molecule has 5 nitrogen and oxygen atoms in total. The van der Waals surface area contributed by atoms with Crippen LogP contribution >= 0.6 is 0 Å². The zero-order valence-electron chi connectivity index (χ0n) is 9.26. The fourth-order valence-corrected chi connectivity index (χ4v) is 0.971. The zero-order valence-corrected chi connectivity index (χ0v) is 9.26. The summed E-state index contributed by atoms with van der Waals surface area (Å²) >= 11 is 0. The van der Waals surface area contributed by atoms with Crippen LogP contribution in [0.1, 0.15) is 20.7 Å². The summed E-state index contributed by atoms with van der Waals surface area (Å²) in [6.45, 7) is 5.69. The third-order valence-corrected chi connectivity index (χ3v) is 1.69. The molecule has 0 unspecified atom stereocenters. The lowest BCUT2D eigenvalue weighted by molar-refractivity contribution is 0.0433. The molecule has 0 aliphatic carbocycles. The van der Waals surface area contributed by atoms with Crippen LogP contribution in [0.4, 0.5) is 0 Å². The van der Waals surface area contributed by atoms with E-state index in [1.165, 1.54) is 24.3 Å². The Morgan fingerprint density at radius 2 is 1.59 bits per heavy atom. The third kappa shape index (κ3) is 4.94. The highest BCUT2D eigenvalue weighted by Gasteiger charge is 2.08. The van der Waals surface area contributed by atoms with Gasteiger partial charge in [0.25, 0.3) is 0 Å². The van der Waals surface area contributed by atoms with Crippen molar-refractivity contribution in [3.8, 4) is 0 Å².